The number of nitrogens with zero attached hydrogens (tertiary/aromatic N) is 1. The minimum atomic E-state index is 0. The number of nitrogens with one attached hydrogen (secondary N) is 1. The van der Waals surface area contributed by atoms with Crippen LogP contribution in [0.25, 0.3) is 0 Å². The average molecular weight is 376 g/mol. The van der Waals surface area contributed by atoms with Crippen molar-refractivity contribution in [2.24, 2.45) is 0 Å². The second kappa shape index (κ2) is 9.44. The monoisotopic (exact) mass is 374 g/mol. The van der Waals surface area contributed by atoms with Crippen LogP contribution < -0.4 is 5.32 Å². The molecule has 1 aliphatic rings. The number of benzene rings is 1. The molecule has 21 heavy (non-hydrogen) atoms. The van der Waals surface area contributed by atoms with E-state index in [4.69, 9.17) is 0 Å². The van der Waals surface area contributed by atoms with E-state index >= 15 is 0 Å². The summed E-state index contributed by atoms with van der Waals surface area (Å²) in [4.78, 5) is 14.6. The Kier molecular flexibility index (Phi) is 8.30. The zero-order valence-corrected chi connectivity index (χ0v) is 14.9. The van der Waals surface area contributed by atoms with Crippen LogP contribution in [0, 0.1) is 0 Å². The minimum absolute atomic E-state index is 0. The van der Waals surface area contributed by atoms with Gasteiger partial charge in [0.05, 0.1) is 0 Å². The first-order valence-corrected chi connectivity index (χ1v) is 8.25. The summed E-state index contributed by atoms with van der Waals surface area (Å²) in [5.41, 5.74) is 1.21. The number of halogens is 2. The first-order valence-electron chi connectivity index (χ1n) is 7.46. The number of aryl methyl sites for hydroxylation is 1. The van der Waals surface area contributed by atoms with Gasteiger partial charge in [0.25, 0.3) is 0 Å². The SMILES string of the molecule is CCCN(C(=O)CCc1ccccc1Br)C1CCNC1.Cl. The third kappa shape index (κ3) is 5.28. The molecule has 1 heterocycles. The van der Waals surface area contributed by atoms with Gasteiger partial charge < -0.3 is 10.2 Å². The Hall–Kier alpha value is -0.580. The largest absolute Gasteiger partial charge is 0.338 e. The lowest BCUT2D eigenvalue weighted by molar-refractivity contribution is -0.133. The molecule has 0 saturated carbocycles. The van der Waals surface area contributed by atoms with Gasteiger partial charge in [-0.3, -0.25) is 4.79 Å². The van der Waals surface area contributed by atoms with Crippen LogP contribution >= 0.6 is 28.3 Å². The summed E-state index contributed by atoms with van der Waals surface area (Å²) in [6.07, 6.45) is 3.51. The van der Waals surface area contributed by atoms with E-state index in [-0.39, 0.29) is 18.3 Å². The predicted octanol–water partition coefficient (Wildman–Crippen LogP) is 3.40. The quantitative estimate of drug-likeness (QED) is 0.826. The van der Waals surface area contributed by atoms with Gasteiger partial charge in [0.1, 0.15) is 0 Å². The Bertz CT molecular complexity index is 450. The summed E-state index contributed by atoms with van der Waals surface area (Å²) < 4.78 is 1.09. The van der Waals surface area contributed by atoms with Crippen molar-refractivity contribution >= 4 is 34.2 Å². The van der Waals surface area contributed by atoms with Crippen LogP contribution in [0.2, 0.25) is 0 Å². The summed E-state index contributed by atoms with van der Waals surface area (Å²) in [5.74, 6) is 0.288. The minimum Gasteiger partial charge on any atom is -0.338 e. The fourth-order valence-electron chi connectivity index (χ4n) is 2.74. The number of carbonyl (C=O) groups is 1. The number of amides is 1. The molecular weight excluding hydrogens is 352 g/mol. The zero-order valence-electron chi connectivity index (χ0n) is 12.5. The van der Waals surface area contributed by atoms with Gasteiger partial charge >= 0.3 is 0 Å². The first-order chi connectivity index (χ1) is 9.72. The second-order valence-electron chi connectivity index (χ2n) is 5.33. The van der Waals surface area contributed by atoms with E-state index in [1.807, 2.05) is 18.2 Å². The van der Waals surface area contributed by atoms with Crippen molar-refractivity contribution in [1.29, 1.82) is 0 Å². The molecule has 0 spiro atoms. The van der Waals surface area contributed by atoms with Crippen LogP contribution in [-0.2, 0) is 11.2 Å². The summed E-state index contributed by atoms with van der Waals surface area (Å²) in [6.45, 7) is 4.99. The molecule has 0 aromatic heterocycles. The average Bonchev–Trinajstić information content (AvgIpc) is 2.97. The van der Waals surface area contributed by atoms with E-state index in [1.165, 1.54) is 5.56 Å². The highest BCUT2D eigenvalue weighted by Gasteiger charge is 2.25. The van der Waals surface area contributed by atoms with Gasteiger partial charge in [0.15, 0.2) is 0 Å². The molecular formula is C16H24BrClN2O. The van der Waals surface area contributed by atoms with E-state index in [0.29, 0.717) is 12.5 Å². The molecule has 1 fully saturated rings. The Morgan fingerprint density at radius 2 is 2.19 bits per heavy atom. The van der Waals surface area contributed by atoms with Crippen molar-refractivity contribution in [3.63, 3.8) is 0 Å². The summed E-state index contributed by atoms with van der Waals surface area (Å²) >= 11 is 3.55. The summed E-state index contributed by atoms with van der Waals surface area (Å²) in [6, 6.07) is 8.53. The molecule has 0 aliphatic carbocycles. The van der Waals surface area contributed by atoms with Crippen LogP contribution in [0.4, 0.5) is 0 Å². The lowest BCUT2D eigenvalue weighted by atomic mass is 10.1. The molecule has 1 atom stereocenters. The molecule has 118 valence electrons. The molecule has 5 heteroatoms. The Morgan fingerprint density at radius 3 is 2.81 bits per heavy atom. The topological polar surface area (TPSA) is 32.3 Å². The molecule has 1 unspecified atom stereocenters. The molecule has 1 aliphatic heterocycles. The lowest BCUT2D eigenvalue weighted by Gasteiger charge is -2.28. The van der Waals surface area contributed by atoms with Gasteiger partial charge in [-0.1, -0.05) is 41.1 Å². The van der Waals surface area contributed by atoms with Gasteiger partial charge in [-0.2, -0.15) is 0 Å². The maximum absolute atomic E-state index is 12.5. The van der Waals surface area contributed by atoms with Gasteiger partial charge in [-0.15, -0.1) is 12.4 Å². The Morgan fingerprint density at radius 1 is 1.43 bits per heavy atom. The number of rotatable bonds is 6. The first kappa shape index (κ1) is 18.5. The summed E-state index contributed by atoms with van der Waals surface area (Å²) in [7, 11) is 0. The van der Waals surface area contributed by atoms with Gasteiger partial charge in [0.2, 0.25) is 5.91 Å². The molecule has 2 rings (SSSR count). The van der Waals surface area contributed by atoms with Crippen molar-refractivity contribution in [2.45, 2.75) is 38.6 Å². The van der Waals surface area contributed by atoms with E-state index < -0.39 is 0 Å². The van der Waals surface area contributed by atoms with Gasteiger partial charge in [-0.25, -0.2) is 0 Å². The normalized spacial score (nSPS) is 17.3. The molecule has 0 bridgehead atoms. The molecule has 3 nitrogen and oxygen atoms in total. The highest BCUT2D eigenvalue weighted by Crippen LogP contribution is 2.19. The Labute approximate surface area is 142 Å². The number of hydrogen-bond acceptors (Lipinski definition) is 2. The van der Waals surface area contributed by atoms with Crippen LogP contribution in [0.1, 0.15) is 31.7 Å². The molecule has 1 aromatic rings. The predicted molar refractivity (Wildman–Crippen MR) is 93.0 cm³/mol. The van der Waals surface area contributed by atoms with E-state index in [9.17, 15) is 4.79 Å². The van der Waals surface area contributed by atoms with Crippen LogP contribution in [0.5, 0.6) is 0 Å². The van der Waals surface area contributed by atoms with Crippen molar-refractivity contribution in [2.75, 3.05) is 19.6 Å². The summed E-state index contributed by atoms with van der Waals surface area (Å²) in [5, 5.41) is 3.35. The third-order valence-corrected chi connectivity index (χ3v) is 4.60. The second-order valence-corrected chi connectivity index (χ2v) is 6.18. The fourth-order valence-corrected chi connectivity index (χ4v) is 3.23. The smallest absolute Gasteiger partial charge is 0.223 e. The van der Waals surface area contributed by atoms with Crippen molar-refractivity contribution in [3.05, 3.63) is 34.3 Å². The molecule has 1 aromatic carbocycles. The highest BCUT2D eigenvalue weighted by atomic mass is 79.9. The molecule has 1 amide bonds. The maximum atomic E-state index is 12.5. The highest BCUT2D eigenvalue weighted by molar-refractivity contribution is 9.10. The Balaban J connectivity index is 0.00000220. The standard InChI is InChI=1S/C16H23BrN2O.ClH/c1-2-11-19(14-9-10-18-12-14)16(20)8-7-13-5-3-4-6-15(13)17;/h3-6,14,18H,2,7-12H2,1H3;1H. The van der Waals surface area contributed by atoms with Gasteiger partial charge in [-0.05, 0) is 37.4 Å². The van der Waals surface area contributed by atoms with E-state index in [1.54, 1.807) is 0 Å². The van der Waals surface area contributed by atoms with Crippen molar-refractivity contribution in [3.8, 4) is 0 Å². The van der Waals surface area contributed by atoms with E-state index in [0.717, 1.165) is 43.4 Å². The third-order valence-electron chi connectivity index (χ3n) is 3.83. The van der Waals surface area contributed by atoms with E-state index in [2.05, 4.69) is 39.1 Å². The van der Waals surface area contributed by atoms with Gasteiger partial charge in [0, 0.05) is 30.0 Å². The van der Waals surface area contributed by atoms with Crippen LogP contribution in [-0.4, -0.2) is 36.5 Å². The molecule has 1 saturated heterocycles. The number of carbonyl (C=O) groups excluding carboxylic acids is 1. The molecule has 1 N–H and O–H groups in total. The maximum Gasteiger partial charge on any atom is 0.223 e. The fraction of sp³-hybridized carbons (Fsp3) is 0.562. The van der Waals surface area contributed by atoms with Crippen molar-refractivity contribution in [1.82, 2.24) is 10.2 Å². The van der Waals surface area contributed by atoms with Crippen molar-refractivity contribution < 1.29 is 4.79 Å². The molecule has 0 radical (unpaired) electrons. The van der Waals surface area contributed by atoms with Crippen LogP contribution in [0.15, 0.2) is 28.7 Å². The number of hydrogen-bond donors (Lipinski definition) is 1. The lowest BCUT2D eigenvalue weighted by Crippen LogP contribution is -2.42. The van der Waals surface area contributed by atoms with Crippen LogP contribution in [0.3, 0.4) is 0 Å². The zero-order chi connectivity index (χ0) is 14.4.